The molecule has 1 aliphatic heterocycles. The number of pyridine rings is 1. The summed E-state index contributed by atoms with van der Waals surface area (Å²) in [5, 5.41) is 3.28. The van der Waals surface area contributed by atoms with Gasteiger partial charge in [0.25, 0.3) is 0 Å². The van der Waals surface area contributed by atoms with Crippen LogP contribution in [0.25, 0.3) is 0 Å². The van der Waals surface area contributed by atoms with Gasteiger partial charge >= 0.3 is 0 Å². The van der Waals surface area contributed by atoms with E-state index < -0.39 is 0 Å². The molecule has 132 valence electrons. The molecule has 6 nitrogen and oxygen atoms in total. The Kier molecular flexibility index (Phi) is 4.91. The van der Waals surface area contributed by atoms with Crippen LogP contribution in [-0.2, 0) is 6.54 Å². The van der Waals surface area contributed by atoms with Crippen molar-refractivity contribution < 1.29 is 0 Å². The lowest BCUT2D eigenvalue weighted by atomic mass is 10.2. The number of hydrogen-bond donors (Lipinski definition) is 1. The molecule has 0 bridgehead atoms. The maximum Gasteiger partial charge on any atom is 0.224 e. The van der Waals surface area contributed by atoms with Crippen LogP contribution in [0, 0.1) is 0 Å². The monoisotopic (exact) mass is 346 g/mol. The van der Waals surface area contributed by atoms with Gasteiger partial charge in [0, 0.05) is 57.0 Å². The number of hydrogen-bond acceptors (Lipinski definition) is 6. The van der Waals surface area contributed by atoms with Crippen LogP contribution in [0.15, 0.2) is 67.1 Å². The van der Waals surface area contributed by atoms with Crippen molar-refractivity contribution in [2.75, 3.05) is 41.3 Å². The van der Waals surface area contributed by atoms with Gasteiger partial charge in [-0.15, -0.1) is 0 Å². The summed E-state index contributed by atoms with van der Waals surface area (Å²) in [6.45, 7) is 4.56. The Morgan fingerprint density at radius 1 is 0.846 bits per heavy atom. The summed E-state index contributed by atoms with van der Waals surface area (Å²) in [4.78, 5) is 17.9. The fourth-order valence-corrected chi connectivity index (χ4v) is 3.13. The number of anilines is 3. The van der Waals surface area contributed by atoms with Gasteiger partial charge in [-0.05, 0) is 29.8 Å². The molecule has 1 aromatic carbocycles. The van der Waals surface area contributed by atoms with E-state index >= 15 is 0 Å². The van der Waals surface area contributed by atoms with E-state index in [0.717, 1.165) is 37.6 Å². The summed E-state index contributed by atoms with van der Waals surface area (Å²) < 4.78 is 0. The molecule has 0 aliphatic carbocycles. The normalized spacial score (nSPS) is 14.3. The highest BCUT2D eigenvalue weighted by molar-refractivity contribution is 5.50. The molecule has 1 N–H and O–H groups in total. The largest absolute Gasteiger partial charge is 0.368 e. The third-order valence-corrected chi connectivity index (χ3v) is 4.54. The Hall–Kier alpha value is -3.15. The second-order valence-electron chi connectivity index (χ2n) is 6.26. The zero-order valence-corrected chi connectivity index (χ0v) is 14.6. The van der Waals surface area contributed by atoms with Crippen LogP contribution in [0.3, 0.4) is 0 Å². The number of para-hydroxylation sites is 1. The summed E-state index contributed by atoms with van der Waals surface area (Å²) in [6, 6.07) is 16.5. The van der Waals surface area contributed by atoms with E-state index in [1.54, 1.807) is 6.20 Å². The van der Waals surface area contributed by atoms with Gasteiger partial charge in [0.15, 0.2) is 0 Å². The first-order valence-corrected chi connectivity index (χ1v) is 8.89. The van der Waals surface area contributed by atoms with E-state index in [4.69, 9.17) is 0 Å². The SMILES string of the molecule is c1ccc(N2CCN(c3ccnc(NCc4cccnc4)n3)CC2)cc1. The van der Waals surface area contributed by atoms with Crippen molar-refractivity contribution in [1.82, 2.24) is 15.0 Å². The van der Waals surface area contributed by atoms with Crippen LogP contribution < -0.4 is 15.1 Å². The van der Waals surface area contributed by atoms with Gasteiger partial charge in [-0.25, -0.2) is 4.98 Å². The fraction of sp³-hybridized carbons (Fsp3) is 0.250. The Morgan fingerprint density at radius 2 is 1.65 bits per heavy atom. The van der Waals surface area contributed by atoms with Gasteiger partial charge in [0.1, 0.15) is 5.82 Å². The van der Waals surface area contributed by atoms with Crippen molar-refractivity contribution in [3.63, 3.8) is 0 Å². The molecule has 3 heterocycles. The number of nitrogens with one attached hydrogen (secondary N) is 1. The lowest BCUT2D eigenvalue weighted by molar-refractivity contribution is 0.647. The van der Waals surface area contributed by atoms with Crippen LogP contribution in [0.4, 0.5) is 17.5 Å². The summed E-state index contributed by atoms with van der Waals surface area (Å²) in [5.74, 6) is 1.62. The lowest BCUT2D eigenvalue weighted by Crippen LogP contribution is -2.46. The standard InChI is InChI=1S/C20H22N6/c1-2-6-18(7-3-1)25-11-13-26(14-12-25)19-8-10-22-20(24-19)23-16-17-5-4-9-21-15-17/h1-10,15H,11-14,16H2,(H,22,23,24). The summed E-state index contributed by atoms with van der Waals surface area (Å²) in [6.07, 6.45) is 5.44. The van der Waals surface area contributed by atoms with Gasteiger partial charge in [-0.1, -0.05) is 24.3 Å². The van der Waals surface area contributed by atoms with Gasteiger partial charge < -0.3 is 15.1 Å². The van der Waals surface area contributed by atoms with E-state index in [2.05, 4.69) is 60.4 Å². The molecule has 1 aliphatic rings. The molecule has 0 saturated carbocycles. The number of piperazine rings is 1. The predicted octanol–water partition coefficient (Wildman–Crippen LogP) is 2.81. The van der Waals surface area contributed by atoms with Gasteiger partial charge in [0.2, 0.25) is 5.95 Å². The van der Waals surface area contributed by atoms with E-state index in [9.17, 15) is 0 Å². The van der Waals surface area contributed by atoms with Crippen LogP contribution in [-0.4, -0.2) is 41.1 Å². The zero-order chi connectivity index (χ0) is 17.6. The average Bonchev–Trinajstić information content (AvgIpc) is 2.74. The second kappa shape index (κ2) is 7.82. The van der Waals surface area contributed by atoms with Gasteiger partial charge in [-0.3, -0.25) is 4.98 Å². The van der Waals surface area contributed by atoms with E-state index in [1.165, 1.54) is 5.69 Å². The first-order chi connectivity index (χ1) is 12.9. The van der Waals surface area contributed by atoms with Crippen LogP contribution >= 0.6 is 0 Å². The predicted molar refractivity (Wildman–Crippen MR) is 104 cm³/mol. The number of aromatic nitrogens is 3. The number of benzene rings is 1. The molecule has 2 aromatic heterocycles. The molecular formula is C20H22N6. The average molecular weight is 346 g/mol. The van der Waals surface area contributed by atoms with E-state index in [1.807, 2.05) is 30.6 Å². The van der Waals surface area contributed by atoms with Gasteiger partial charge in [0.05, 0.1) is 0 Å². The quantitative estimate of drug-likeness (QED) is 0.767. The molecule has 1 fully saturated rings. The van der Waals surface area contributed by atoms with E-state index in [0.29, 0.717) is 12.5 Å². The first-order valence-electron chi connectivity index (χ1n) is 8.89. The van der Waals surface area contributed by atoms with Crippen LogP contribution in [0.2, 0.25) is 0 Å². The molecule has 0 atom stereocenters. The molecule has 0 unspecified atom stereocenters. The highest BCUT2D eigenvalue weighted by atomic mass is 15.3. The maximum absolute atomic E-state index is 4.67. The molecule has 0 amide bonds. The Labute approximate surface area is 153 Å². The fourth-order valence-electron chi connectivity index (χ4n) is 3.13. The number of rotatable bonds is 5. The van der Waals surface area contributed by atoms with Crippen molar-refractivity contribution in [1.29, 1.82) is 0 Å². The third-order valence-electron chi connectivity index (χ3n) is 4.54. The van der Waals surface area contributed by atoms with E-state index in [-0.39, 0.29) is 0 Å². The Bertz CT molecular complexity index is 816. The summed E-state index contributed by atoms with van der Waals surface area (Å²) in [7, 11) is 0. The molecule has 26 heavy (non-hydrogen) atoms. The molecule has 4 rings (SSSR count). The zero-order valence-electron chi connectivity index (χ0n) is 14.6. The molecular weight excluding hydrogens is 324 g/mol. The Balaban J connectivity index is 1.36. The van der Waals surface area contributed by atoms with Crippen molar-refractivity contribution >= 4 is 17.5 Å². The van der Waals surface area contributed by atoms with Crippen molar-refractivity contribution in [3.8, 4) is 0 Å². The molecule has 6 heteroatoms. The number of nitrogens with zero attached hydrogens (tertiary/aromatic N) is 5. The van der Waals surface area contributed by atoms with Gasteiger partial charge in [-0.2, -0.15) is 4.98 Å². The maximum atomic E-state index is 4.67. The van der Waals surface area contributed by atoms with Crippen LogP contribution in [0.1, 0.15) is 5.56 Å². The highest BCUT2D eigenvalue weighted by Crippen LogP contribution is 2.19. The minimum atomic E-state index is 0.650. The molecule has 1 saturated heterocycles. The smallest absolute Gasteiger partial charge is 0.224 e. The van der Waals surface area contributed by atoms with Crippen LogP contribution in [0.5, 0.6) is 0 Å². The molecule has 0 radical (unpaired) electrons. The molecule has 3 aromatic rings. The summed E-state index contributed by atoms with van der Waals surface area (Å²) in [5.41, 5.74) is 2.40. The van der Waals surface area contributed by atoms with Crippen molar-refractivity contribution in [2.24, 2.45) is 0 Å². The third kappa shape index (κ3) is 3.91. The highest BCUT2D eigenvalue weighted by Gasteiger charge is 2.18. The minimum absolute atomic E-state index is 0.650. The first kappa shape index (κ1) is 16.3. The Morgan fingerprint density at radius 3 is 2.42 bits per heavy atom. The van der Waals surface area contributed by atoms with Crippen molar-refractivity contribution in [3.05, 3.63) is 72.7 Å². The second-order valence-corrected chi connectivity index (χ2v) is 6.26. The minimum Gasteiger partial charge on any atom is -0.368 e. The lowest BCUT2D eigenvalue weighted by Gasteiger charge is -2.36. The van der Waals surface area contributed by atoms with Crippen molar-refractivity contribution in [2.45, 2.75) is 6.54 Å². The topological polar surface area (TPSA) is 57.2 Å². The molecule has 0 spiro atoms. The summed E-state index contributed by atoms with van der Waals surface area (Å²) >= 11 is 0.